The number of aliphatic hydroxyl groups is 1. The second-order valence-corrected chi connectivity index (χ2v) is 4.17. The summed E-state index contributed by atoms with van der Waals surface area (Å²) in [6.45, 7) is 3.64. The number of likely N-dealkylation sites (N-methyl/N-ethyl adjacent to an activating group) is 1. The van der Waals surface area contributed by atoms with Gasteiger partial charge < -0.3 is 9.84 Å². The van der Waals surface area contributed by atoms with Crippen LogP contribution >= 0.6 is 0 Å². The minimum atomic E-state index is -0.372. The molecule has 3 nitrogen and oxygen atoms in total. The van der Waals surface area contributed by atoms with Crippen LogP contribution in [-0.4, -0.2) is 30.7 Å². The fourth-order valence-corrected chi connectivity index (χ4v) is 2.23. The summed E-state index contributed by atoms with van der Waals surface area (Å²) < 4.78 is 5.28. The molecule has 0 saturated heterocycles. The Hall–Kier alpha value is -1.06. The fourth-order valence-electron chi connectivity index (χ4n) is 2.23. The lowest BCUT2D eigenvalue weighted by molar-refractivity contribution is 0.107. The summed E-state index contributed by atoms with van der Waals surface area (Å²) in [7, 11) is 3.70. The first kappa shape index (κ1) is 10.5. The molecule has 1 N–H and O–H groups in total. The molecule has 1 atom stereocenters. The van der Waals surface area contributed by atoms with Gasteiger partial charge in [-0.1, -0.05) is 6.07 Å². The third-order valence-electron chi connectivity index (χ3n) is 3.08. The van der Waals surface area contributed by atoms with Gasteiger partial charge in [-0.15, -0.1) is 0 Å². The van der Waals surface area contributed by atoms with E-state index in [9.17, 15) is 5.11 Å². The molecule has 0 aliphatic carbocycles. The number of nitrogens with zero attached hydrogens (tertiary/aromatic N) is 1. The highest BCUT2D eigenvalue weighted by atomic mass is 16.5. The lowest BCUT2D eigenvalue weighted by Gasteiger charge is -2.30. The van der Waals surface area contributed by atoms with Gasteiger partial charge in [0.2, 0.25) is 0 Å². The molecule has 0 aromatic heterocycles. The molecule has 3 heteroatoms. The average Bonchev–Trinajstić information content (AvgIpc) is 2.19. The smallest absolute Gasteiger partial charge is 0.122 e. The molecular formula is C12H17NO2. The Balaban J connectivity index is 2.51. The van der Waals surface area contributed by atoms with E-state index in [2.05, 4.69) is 4.90 Å². The zero-order valence-corrected chi connectivity index (χ0v) is 9.45. The van der Waals surface area contributed by atoms with Gasteiger partial charge in [-0.3, -0.25) is 4.90 Å². The molecule has 1 aromatic rings. The summed E-state index contributed by atoms with van der Waals surface area (Å²) in [5.74, 6) is 0.899. The second kappa shape index (κ2) is 3.83. The van der Waals surface area contributed by atoms with E-state index in [1.54, 1.807) is 7.11 Å². The van der Waals surface area contributed by atoms with Crippen LogP contribution in [0.1, 0.15) is 22.8 Å². The zero-order chi connectivity index (χ0) is 11.0. The van der Waals surface area contributed by atoms with Crippen LogP contribution in [0.25, 0.3) is 0 Å². The van der Waals surface area contributed by atoms with Gasteiger partial charge in [0, 0.05) is 13.1 Å². The van der Waals surface area contributed by atoms with Crippen molar-refractivity contribution in [1.29, 1.82) is 0 Å². The molecule has 2 rings (SSSR count). The lowest BCUT2D eigenvalue weighted by Crippen LogP contribution is -2.30. The van der Waals surface area contributed by atoms with Crippen LogP contribution in [-0.2, 0) is 6.54 Å². The van der Waals surface area contributed by atoms with Gasteiger partial charge in [-0.2, -0.15) is 0 Å². The normalized spacial score (nSPS) is 21.2. The number of benzene rings is 1. The molecule has 0 spiro atoms. The fraction of sp³-hybridized carbons (Fsp3) is 0.500. The highest BCUT2D eigenvalue weighted by Gasteiger charge is 2.23. The van der Waals surface area contributed by atoms with Crippen molar-refractivity contribution in [2.24, 2.45) is 0 Å². The Morgan fingerprint density at radius 2 is 2.20 bits per heavy atom. The van der Waals surface area contributed by atoms with E-state index in [1.807, 2.05) is 26.1 Å². The number of aliphatic hydroxyl groups excluding tert-OH is 1. The van der Waals surface area contributed by atoms with Crippen molar-refractivity contribution in [2.75, 3.05) is 20.7 Å². The van der Waals surface area contributed by atoms with Gasteiger partial charge in [0.1, 0.15) is 5.75 Å². The largest absolute Gasteiger partial charge is 0.496 e. The van der Waals surface area contributed by atoms with Crippen LogP contribution in [0.4, 0.5) is 0 Å². The molecule has 0 amide bonds. The molecule has 0 saturated carbocycles. The third kappa shape index (κ3) is 1.73. The molecule has 1 aromatic carbocycles. The molecule has 82 valence electrons. The first-order valence-electron chi connectivity index (χ1n) is 5.16. The summed E-state index contributed by atoms with van der Waals surface area (Å²) in [4.78, 5) is 2.12. The molecule has 0 bridgehead atoms. The number of hydrogen-bond donors (Lipinski definition) is 1. The third-order valence-corrected chi connectivity index (χ3v) is 3.08. The molecule has 0 radical (unpaired) electrons. The highest BCUT2D eigenvalue weighted by molar-refractivity contribution is 5.46. The van der Waals surface area contributed by atoms with Crippen LogP contribution in [0.2, 0.25) is 0 Å². The summed E-state index contributed by atoms with van der Waals surface area (Å²) in [5.41, 5.74) is 3.39. The van der Waals surface area contributed by atoms with E-state index >= 15 is 0 Å². The molecule has 1 unspecified atom stereocenters. The Morgan fingerprint density at radius 1 is 1.47 bits per heavy atom. The summed E-state index contributed by atoms with van der Waals surface area (Å²) in [5, 5.41) is 9.94. The van der Waals surface area contributed by atoms with Crippen molar-refractivity contribution in [3.8, 4) is 5.75 Å². The minimum Gasteiger partial charge on any atom is -0.496 e. The Labute approximate surface area is 90.3 Å². The van der Waals surface area contributed by atoms with Gasteiger partial charge in [0.25, 0.3) is 0 Å². The van der Waals surface area contributed by atoms with E-state index in [0.717, 1.165) is 23.4 Å². The van der Waals surface area contributed by atoms with E-state index in [0.29, 0.717) is 6.54 Å². The van der Waals surface area contributed by atoms with Crippen LogP contribution < -0.4 is 4.74 Å². The number of hydrogen-bond acceptors (Lipinski definition) is 3. The lowest BCUT2D eigenvalue weighted by atomic mass is 9.93. The highest BCUT2D eigenvalue weighted by Crippen LogP contribution is 2.32. The van der Waals surface area contributed by atoms with Crippen LogP contribution in [0, 0.1) is 6.92 Å². The number of β-amino-alcohol motifs (C(OH)–C–C–N with tert-alkyl or cyclic N) is 1. The van der Waals surface area contributed by atoms with Gasteiger partial charge >= 0.3 is 0 Å². The van der Waals surface area contributed by atoms with E-state index in [-0.39, 0.29) is 6.10 Å². The molecule has 1 aliphatic heterocycles. The standard InChI is InChI=1S/C12H17NO2/c1-8-10-6-13(2)7-11(14)9(10)4-5-12(8)15-3/h4-5,11,14H,6-7H2,1-3H3. The summed E-state index contributed by atoms with van der Waals surface area (Å²) in [6, 6.07) is 3.90. The van der Waals surface area contributed by atoms with Crippen LogP contribution in [0.5, 0.6) is 5.75 Å². The maximum Gasteiger partial charge on any atom is 0.122 e. The van der Waals surface area contributed by atoms with Crippen LogP contribution in [0.3, 0.4) is 0 Å². The predicted octanol–water partition coefficient (Wildman–Crippen LogP) is 1.48. The second-order valence-electron chi connectivity index (χ2n) is 4.17. The first-order valence-corrected chi connectivity index (χ1v) is 5.16. The van der Waals surface area contributed by atoms with E-state index < -0.39 is 0 Å². The van der Waals surface area contributed by atoms with Crippen molar-refractivity contribution >= 4 is 0 Å². The first-order chi connectivity index (χ1) is 7.13. The van der Waals surface area contributed by atoms with Crippen molar-refractivity contribution in [3.05, 3.63) is 28.8 Å². The van der Waals surface area contributed by atoms with Crippen molar-refractivity contribution in [3.63, 3.8) is 0 Å². The van der Waals surface area contributed by atoms with Gasteiger partial charge in [0.15, 0.2) is 0 Å². The Bertz CT molecular complexity index is 376. The maximum atomic E-state index is 9.94. The summed E-state index contributed by atoms with van der Waals surface area (Å²) in [6.07, 6.45) is -0.372. The van der Waals surface area contributed by atoms with E-state index in [4.69, 9.17) is 4.74 Å². The molecule has 15 heavy (non-hydrogen) atoms. The molecule has 1 aliphatic rings. The summed E-state index contributed by atoms with van der Waals surface area (Å²) >= 11 is 0. The predicted molar refractivity (Wildman–Crippen MR) is 59.0 cm³/mol. The maximum absolute atomic E-state index is 9.94. The van der Waals surface area contributed by atoms with Crippen molar-refractivity contribution < 1.29 is 9.84 Å². The van der Waals surface area contributed by atoms with E-state index in [1.165, 1.54) is 5.56 Å². The van der Waals surface area contributed by atoms with Crippen molar-refractivity contribution in [1.82, 2.24) is 4.90 Å². The Kier molecular flexibility index (Phi) is 2.67. The SMILES string of the molecule is COc1ccc2c(c1C)CN(C)CC2O. The van der Waals surface area contributed by atoms with Gasteiger partial charge in [-0.05, 0) is 36.7 Å². The van der Waals surface area contributed by atoms with Crippen molar-refractivity contribution in [2.45, 2.75) is 19.6 Å². The zero-order valence-electron chi connectivity index (χ0n) is 9.45. The quantitative estimate of drug-likeness (QED) is 0.757. The van der Waals surface area contributed by atoms with Crippen LogP contribution in [0.15, 0.2) is 12.1 Å². The number of fused-ring (bicyclic) bond motifs is 1. The molecular weight excluding hydrogens is 190 g/mol. The Morgan fingerprint density at radius 3 is 2.87 bits per heavy atom. The topological polar surface area (TPSA) is 32.7 Å². The molecule has 0 fully saturated rings. The van der Waals surface area contributed by atoms with Gasteiger partial charge in [-0.25, -0.2) is 0 Å². The van der Waals surface area contributed by atoms with Gasteiger partial charge in [0.05, 0.1) is 13.2 Å². The average molecular weight is 207 g/mol. The molecule has 1 heterocycles. The number of methoxy groups -OCH3 is 1. The number of rotatable bonds is 1. The minimum absolute atomic E-state index is 0.372. The monoisotopic (exact) mass is 207 g/mol. The number of ether oxygens (including phenoxy) is 1.